The largest absolute Gasteiger partial charge is 0.309 e. The van der Waals surface area contributed by atoms with Gasteiger partial charge in [-0.25, -0.2) is 0 Å². The number of allylic oxidation sites excluding steroid dienone is 1. The fourth-order valence-corrected chi connectivity index (χ4v) is 6.07. The molecule has 1 fully saturated rings. The van der Waals surface area contributed by atoms with Gasteiger partial charge in [0.15, 0.2) is 0 Å². The van der Waals surface area contributed by atoms with Gasteiger partial charge in [-0.05, 0) is 72.5 Å². The molecule has 1 aliphatic heterocycles. The molecule has 6 rings (SSSR count). The van der Waals surface area contributed by atoms with Crippen molar-refractivity contribution in [3.63, 3.8) is 0 Å². The second kappa shape index (κ2) is 15.5. The first kappa shape index (κ1) is 29.1. The average molecular weight is 752 g/mol. The van der Waals surface area contributed by atoms with Crippen LogP contribution in [0.5, 0.6) is 0 Å². The van der Waals surface area contributed by atoms with Gasteiger partial charge in [0, 0.05) is 43.4 Å². The predicted octanol–water partition coefficient (Wildman–Crippen LogP) is 10.0. The van der Waals surface area contributed by atoms with Crippen LogP contribution in [0.15, 0.2) is 89.6 Å². The van der Waals surface area contributed by atoms with Crippen LogP contribution >= 0.6 is 11.3 Å². The van der Waals surface area contributed by atoms with Crippen LogP contribution in [-0.4, -0.2) is 15.7 Å². The Kier molecular flexibility index (Phi) is 10.7. The summed E-state index contributed by atoms with van der Waals surface area (Å²) in [5.74, 6) is 1.67. The molecule has 0 spiro atoms. The van der Waals surface area contributed by atoms with E-state index >= 15 is 0 Å². The van der Waals surface area contributed by atoms with Crippen LogP contribution in [0.25, 0.3) is 21.5 Å². The summed E-state index contributed by atoms with van der Waals surface area (Å²) in [5, 5.41) is 1.96. The van der Waals surface area contributed by atoms with Crippen LogP contribution in [0.1, 0.15) is 76.9 Å². The van der Waals surface area contributed by atoms with E-state index in [-0.39, 0.29) is 26.1 Å². The van der Waals surface area contributed by atoms with Crippen molar-refractivity contribution < 1.29 is 22.8 Å². The molecule has 219 valence electrons. The van der Waals surface area contributed by atoms with E-state index in [4.69, 9.17) is 2.74 Å². The first-order valence-corrected chi connectivity index (χ1v) is 15.5. The summed E-state index contributed by atoms with van der Waals surface area (Å²) in [6, 6.07) is 21.1. The molecule has 1 radical (unpaired) electrons. The minimum absolute atomic E-state index is 0. The Hall–Kier alpha value is -2.98. The van der Waals surface area contributed by atoms with E-state index in [1.165, 1.54) is 24.1 Å². The zero-order chi connectivity index (χ0) is 30.3. The SMILES string of the molecule is Cc1c[c-]c(C2=NC=CC(C(C)C)C2)cc1.[2H]c1c(C2CCCC2)cnc(-c2[c-]cccc3ncc(C)cc3sc2)c1[2H].[Ir]. The van der Waals surface area contributed by atoms with E-state index in [9.17, 15) is 0 Å². The maximum absolute atomic E-state index is 8.51. The van der Waals surface area contributed by atoms with Crippen molar-refractivity contribution in [2.24, 2.45) is 16.8 Å². The Bertz CT molecular complexity index is 1690. The third-order valence-electron chi connectivity index (χ3n) is 7.75. The molecule has 5 heteroatoms. The number of pyridine rings is 2. The molecule has 3 aromatic heterocycles. The number of nitrogens with zero attached hydrogens (tertiary/aromatic N) is 3. The van der Waals surface area contributed by atoms with Crippen molar-refractivity contribution in [3.8, 4) is 11.3 Å². The molecule has 2 aliphatic rings. The van der Waals surface area contributed by atoms with Crippen molar-refractivity contribution in [2.75, 3.05) is 0 Å². The molecular formula is C37H39IrN3S-2. The normalized spacial score (nSPS) is 17.0. The Morgan fingerprint density at radius 1 is 0.976 bits per heavy atom. The van der Waals surface area contributed by atoms with Crippen LogP contribution in [-0.2, 0) is 20.1 Å². The molecule has 0 N–H and O–H groups in total. The van der Waals surface area contributed by atoms with Crippen LogP contribution in [0, 0.1) is 37.8 Å². The third kappa shape index (κ3) is 8.53. The molecule has 1 unspecified atom stereocenters. The zero-order valence-corrected chi connectivity index (χ0v) is 28.0. The van der Waals surface area contributed by atoms with Crippen LogP contribution in [0.2, 0.25) is 0 Å². The van der Waals surface area contributed by atoms with Crippen LogP contribution in [0.4, 0.5) is 0 Å². The summed E-state index contributed by atoms with van der Waals surface area (Å²) < 4.78 is 18.1. The van der Waals surface area contributed by atoms with E-state index in [1.807, 2.05) is 49.0 Å². The van der Waals surface area contributed by atoms with Crippen molar-refractivity contribution in [2.45, 2.75) is 65.7 Å². The maximum atomic E-state index is 8.51. The van der Waals surface area contributed by atoms with Crippen LogP contribution < -0.4 is 0 Å². The van der Waals surface area contributed by atoms with Crippen molar-refractivity contribution in [3.05, 3.63) is 119 Å². The van der Waals surface area contributed by atoms with Gasteiger partial charge in [-0.3, -0.25) is 4.98 Å². The molecule has 3 nitrogen and oxygen atoms in total. The molecule has 1 aliphatic carbocycles. The second-order valence-corrected chi connectivity index (χ2v) is 12.2. The van der Waals surface area contributed by atoms with Gasteiger partial charge in [0.1, 0.15) is 0 Å². The molecule has 1 saturated carbocycles. The molecule has 42 heavy (non-hydrogen) atoms. The molecule has 1 aromatic carbocycles. The number of hydrogen-bond donors (Lipinski definition) is 0. The maximum Gasteiger partial charge on any atom is 0.0702 e. The summed E-state index contributed by atoms with van der Waals surface area (Å²) in [4.78, 5) is 13.5. The van der Waals surface area contributed by atoms with E-state index in [0.29, 0.717) is 29.5 Å². The number of aromatic nitrogens is 2. The quantitative estimate of drug-likeness (QED) is 0.195. The van der Waals surface area contributed by atoms with Crippen molar-refractivity contribution in [1.82, 2.24) is 9.97 Å². The Balaban J connectivity index is 0.000000223. The number of aliphatic imine (C=N–C) groups is 1. The van der Waals surface area contributed by atoms with Gasteiger partial charge in [-0.15, -0.1) is 59.2 Å². The van der Waals surface area contributed by atoms with Gasteiger partial charge >= 0.3 is 0 Å². The van der Waals surface area contributed by atoms with Crippen molar-refractivity contribution >= 4 is 27.3 Å². The number of benzene rings is 1. The number of fused-ring (bicyclic) bond motifs is 1. The Labute approximate surface area is 271 Å². The molecule has 0 bridgehead atoms. The molecule has 0 saturated heterocycles. The molecule has 4 aromatic rings. The first-order valence-electron chi connectivity index (χ1n) is 15.6. The zero-order valence-electron chi connectivity index (χ0n) is 26.8. The molecule has 1 atom stereocenters. The fraction of sp³-hybridized carbons (Fsp3) is 0.324. The summed E-state index contributed by atoms with van der Waals surface area (Å²) in [5.41, 5.74) is 7.75. The topological polar surface area (TPSA) is 38.1 Å². The summed E-state index contributed by atoms with van der Waals surface area (Å²) >= 11 is 1.55. The van der Waals surface area contributed by atoms with Gasteiger partial charge in [0.25, 0.3) is 0 Å². The Morgan fingerprint density at radius 3 is 2.57 bits per heavy atom. The fourth-order valence-electron chi connectivity index (χ4n) is 5.15. The average Bonchev–Trinajstić information content (AvgIpc) is 3.57. The minimum atomic E-state index is 0. The van der Waals surface area contributed by atoms with E-state index in [0.717, 1.165) is 51.7 Å². The molecular weight excluding hydrogens is 711 g/mol. The van der Waals surface area contributed by atoms with E-state index in [2.05, 4.69) is 72.1 Å². The molecule has 0 amide bonds. The Morgan fingerprint density at radius 2 is 1.81 bits per heavy atom. The van der Waals surface area contributed by atoms with Gasteiger partial charge in [0.2, 0.25) is 0 Å². The molecule has 4 heterocycles. The first-order chi connectivity index (χ1) is 20.8. The smallest absolute Gasteiger partial charge is 0.0702 e. The van der Waals surface area contributed by atoms with Crippen molar-refractivity contribution in [1.29, 1.82) is 0 Å². The summed E-state index contributed by atoms with van der Waals surface area (Å²) in [6.07, 6.45) is 13.5. The summed E-state index contributed by atoms with van der Waals surface area (Å²) in [6.45, 7) is 8.63. The van der Waals surface area contributed by atoms with Crippen LogP contribution in [0.3, 0.4) is 0 Å². The summed E-state index contributed by atoms with van der Waals surface area (Å²) in [7, 11) is 0. The predicted molar refractivity (Wildman–Crippen MR) is 174 cm³/mol. The minimum Gasteiger partial charge on any atom is -0.309 e. The monoisotopic (exact) mass is 752 g/mol. The second-order valence-electron chi connectivity index (χ2n) is 11.3. The van der Waals surface area contributed by atoms with Gasteiger partial charge in [-0.1, -0.05) is 63.2 Å². The van der Waals surface area contributed by atoms with Gasteiger partial charge in [-0.2, -0.15) is 11.3 Å². The van der Waals surface area contributed by atoms with Gasteiger partial charge < -0.3 is 9.98 Å². The standard InChI is InChI=1S/C22H21N2S.C15H18N.Ir/c1-16-12-22-21(23-13-16)9-5-4-8-19(15-25-22)20-11-10-18(14-24-20)17-6-2-3-7-17;1-11(2)14-8-9-16-15(10-14)13-6-4-12(3)5-7-13;/h4-5,9-15,17H,2-3,6-7H2,1H3;4-6,8-9,11,14H,10H2,1-3H3;/q2*-1;/i10D,11D;;. The third-order valence-corrected chi connectivity index (χ3v) is 8.68. The van der Waals surface area contributed by atoms with E-state index in [1.54, 1.807) is 17.5 Å². The van der Waals surface area contributed by atoms with Gasteiger partial charge in [0.05, 0.1) is 8.26 Å². The number of hydrogen-bond acceptors (Lipinski definition) is 4. The van der Waals surface area contributed by atoms with E-state index < -0.39 is 0 Å². The number of aryl methyl sites for hydroxylation is 2. The number of rotatable bonds is 4.